The van der Waals surface area contributed by atoms with Crippen molar-refractivity contribution in [2.75, 3.05) is 5.88 Å². The Kier molecular flexibility index (Phi) is 3.64. The van der Waals surface area contributed by atoms with E-state index in [2.05, 4.69) is 6.08 Å². The maximum Gasteiger partial charge on any atom is 0.158 e. The molecule has 0 spiro atoms. The zero-order valence-corrected chi connectivity index (χ0v) is 7.36. The highest BCUT2D eigenvalue weighted by atomic mass is 35.5. The van der Waals surface area contributed by atoms with Gasteiger partial charge in [0.2, 0.25) is 0 Å². The predicted molar refractivity (Wildman–Crippen MR) is 46.9 cm³/mol. The van der Waals surface area contributed by atoms with Crippen molar-refractivity contribution in [3.05, 3.63) is 11.6 Å². The van der Waals surface area contributed by atoms with Crippen molar-refractivity contribution in [3.63, 3.8) is 0 Å². The summed E-state index contributed by atoms with van der Waals surface area (Å²) >= 11 is 5.53. The maximum atomic E-state index is 11.2. The van der Waals surface area contributed by atoms with Crippen molar-refractivity contribution >= 4 is 17.4 Å². The fraction of sp³-hybridized carbons (Fsp3) is 0.667. The normalized spacial score (nSPS) is 18.3. The topological polar surface area (TPSA) is 17.1 Å². The highest BCUT2D eigenvalue weighted by Crippen LogP contribution is 2.18. The molecular weight excluding hydrogens is 160 g/mol. The Morgan fingerprint density at radius 1 is 1.55 bits per heavy atom. The summed E-state index contributed by atoms with van der Waals surface area (Å²) in [7, 11) is 0. The third-order valence-electron chi connectivity index (χ3n) is 1.94. The summed E-state index contributed by atoms with van der Waals surface area (Å²) < 4.78 is 0. The molecule has 62 valence electrons. The molecule has 0 heterocycles. The monoisotopic (exact) mass is 172 g/mol. The Hall–Kier alpha value is -0.300. The van der Waals surface area contributed by atoms with Gasteiger partial charge in [-0.15, -0.1) is 11.6 Å². The number of ketones is 1. The summed E-state index contributed by atoms with van der Waals surface area (Å²) in [4.78, 5) is 11.2. The van der Waals surface area contributed by atoms with Crippen LogP contribution in [0.2, 0.25) is 0 Å². The standard InChI is InChI=1S/C9H13ClO/c10-7-3-5-8-4-1-2-6-9(8)11/h4H,1-3,5-7H2. The van der Waals surface area contributed by atoms with Crippen LogP contribution in [0.25, 0.3) is 0 Å². The minimum atomic E-state index is 0.335. The molecule has 0 unspecified atom stereocenters. The molecular formula is C9H13ClO. The van der Waals surface area contributed by atoms with Gasteiger partial charge in [0.1, 0.15) is 0 Å². The molecule has 0 atom stereocenters. The highest BCUT2D eigenvalue weighted by molar-refractivity contribution is 6.17. The van der Waals surface area contributed by atoms with Crippen LogP contribution in [0.4, 0.5) is 0 Å². The van der Waals surface area contributed by atoms with E-state index < -0.39 is 0 Å². The van der Waals surface area contributed by atoms with Crippen LogP contribution in [0.5, 0.6) is 0 Å². The van der Waals surface area contributed by atoms with E-state index >= 15 is 0 Å². The minimum absolute atomic E-state index is 0.335. The van der Waals surface area contributed by atoms with Gasteiger partial charge >= 0.3 is 0 Å². The Labute approximate surface area is 72.4 Å². The van der Waals surface area contributed by atoms with E-state index in [1.54, 1.807) is 0 Å². The van der Waals surface area contributed by atoms with Crippen LogP contribution >= 0.6 is 11.6 Å². The van der Waals surface area contributed by atoms with E-state index in [1.807, 2.05) is 0 Å². The average molecular weight is 173 g/mol. The molecule has 0 aromatic carbocycles. The van der Waals surface area contributed by atoms with Gasteiger partial charge in [0, 0.05) is 12.3 Å². The average Bonchev–Trinajstić information content (AvgIpc) is 2.03. The number of hydrogen-bond donors (Lipinski definition) is 0. The van der Waals surface area contributed by atoms with Gasteiger partial charge in [-0.3, -0.25) is 4.79 Å². The second-order valence-corrected chi connectivity index (χ2v) is 3.22. The summed E-state index contributed by atoms with van der Waals surface area (Å²) in [6, 6.07) is 0. The Morgan fingerprint density at radius 2 is 2.36 bits per heavy atom. The number of rotatable bonds is 3. The van der Waals surface area contributed by atoms with Crippen molar-refractivity contribution in [2.45, 2.75) is 32.1 Å². The van der Waals surface area contributed by atoms with E-state index in [-0.39, 0.29) is 0 Å². The van der Waals surface area contributed by atoms with E-state index in [9.17, 15) is 4.79 Å². The zero-order valence-electron chi connectivity index (χ0n) is 6.61. The van der Waals surface area contributed by atoms with E-state index in [4.69, 9.17) is 11.6 Å². The Morgan fingerprint density at radius 3 is 3.00 bits per heavy atom. The third-order valence-corrected chi connectivity index (χ3v) is 2.20. The molecule has 1 aliphatic rings. The van der Waals surface area contributed by atoms with Crippen molar-refractivity contribution < 1.29 is 4.79 Å². The lowest BCUT2D eigenvalue weighted by atomic mass is 9.95. The first-order valence-electron chi connectivity index (χ1n) is 4.13. The minimum Gasteiger partial charge on any atom is -0.295 e. The molecule has 11 heavy (non-hydrogen) atoms. The van der Waals surface area contributed by atoms with Gasteiger partial charge in [0.25, 0.3) is 0 Å². The van der Waals surface area contributed by atoms with Crippen molar-refractivity contribution in [1.29, 1.82) is 0 Å². The highest BCUT2D eigenvalue weighted by Gasteiger charge is 2.11. The summed E-state index contributed by atoms with van der Waals surface area (Å²) in [5.74, 6) is 0.992. The molecule has 0 saturated carbocycles. The molecule has 0 N–H and O–H groups in total. The van der Waals surface area contributed by atoms with Gasteiger partial charge in [-0.1, -0.05) is 6.08 Å². The van der Waals surface area contributed by atoms with Gasteiger partial charge in [0.05, 0.1) is 0 Å². The summed E-state index contributed by atoms with van der Waals surface area (Å²) in [6.45, 7) is 0. The maximum absolute atomic E-state index is 11.2. The second kappa shape index (κ2) is 4.55. The Balaban J connectivity index is 2.41. The molecule has 0 saturated heterocycles. The van der Waals surface area contributed by atoms with Gasteiger partial charge in [-0.05, 0) is 31.3 Å². The summed E-state index contributed by atoms with van der Waals surface area (Å²) in [5.41, 5.74) is 1.01. The first-order valence-corrected chi connectivity index (χ1v) is 4.66. The summed E-state index contributed by atoms with van der Waals surface area (Å²) in [6.07, 6.45) is 6.72. The van der Waals surface area contributed by atoms with Crippen LogP contribution in [0.15, 0.2) is 11.6 Å². The molecule has 0 radical (unpaired) electrons. The fourth-order valence-corrected chi connectivity index (χ4v) is 1.45. The SMILES string of the molecule is O=C1CCCC=C1CCCCl. The Bertz CT molecular complexity index is 172. The molecule has 0 aliphatic heterocycles. The number of halogens is 1. The molecule has 1 nitrogen and oxygen atoms in total. The van der Waals surface area contributed by atoms with Gasteiger partial charge in [-0.2, -0.15) is 0 Å². The van der Waals surface area contributed by atoms with Crippen molar-refractivity contribution in [2.24, 2.45) is 0 Å². The zero-order chi connectivity index (χ0) is 8.10. The number of Topliss-reactive ketones (excluding diaryl/α,β-unsaturated/α-hetero) is 1. The molecule has 0 aromatic rings. The number of hydrogen-bond acceptors (Lipinski definition) is 1. The quantitative estimate of drug-likeness (QED) is 0.599. The van der Waals surface area contributed by atoms with Gasteiger partial charge in [0.15, 0.2) is 5.78 Å². The number of carbonyl (C=O) groups is 1. The van der Waals surface area contributed by atoms with Gasteiger partial charge in [-0.25, -0.2) is 0 Å². The lowest BCUT2D eigenvalue weighted by Gasteiger charge is -2.09. The van der Waals surface area contributed by atoms with E-state index in [0.29, 0.717) is 11.7 Å². The molecule has 1 rings (SSSR count). The summed E-state index contributed by atoms with van der Waals surface area (Å²) in [5, 5.41) is 0. The molecule has 0 fully saturated rings. The first-order chi connectivity index (χ1) is 5.34. The molecule has 0 amide bonds. The van der Waals surface area contributed by atoms with Crippen LogP contribution in [-0.2, 0) is 4.79 Å². The van der Waals surface area contributed by atoms with Crippen LogP contribution in [-0.4, -0.2) is 11.7 Å². The fourth-order valence-electron chi connectivity index (χ4n) is 1.31. The van der Waals surface area contributed by atoms with Crippen LogP contribution in [0.1, 0.15) is 32.1 Å². The number of allylic oxidation sites excluding steroid dienone is 2. The first kappa shape index (κ1) is 8.79. The van der Waals surface area contributed by atoms with Crippen LogP contribution < -0.4 is 0 Å². The lowest BCUT2D eigenvalue weighted by molar-refractivity contribution is -0.116. The van der Waals surface area contributed by atoms with Crippen LogP contribution in [0.3, 0.4) is 0 Å². The lowest BCUT2D eigenvalue weighted by Crippen LogP contribution is -2.06. The number of alkyl halides is 1. The molecule has 0 bridgehead atoms. The molecule has 0 aromatic heterocycles. The smallest absolute Gasteiger partial charge is 0.158 e. The number of carbonyl (C=O) groups excluding carboxylic acids is 1. The predicted octanol–water partition coefficient (Wildman–Crippen LogP) is 2.68. The third kappa shape index (κ3) is 2.66. The van der Waals surface area contributed by atoms with Crippen LogP contribution in [0, 0.1) is 0 Å². The second-order valence-electron chi connectivity index (χ2n) is 2.84. The largest absolute Gasteiger partial charge is 0.295 e. The van der Waals surface area contributed by atoms with E-state index in [0.717, 1.165) is 37.7 Å². The van der Waals surface area contributed by atoms with Crippen molar-refractivity contribution in [3.8, 4) is 0 Å². The molecule has 2 heteroatoms. The van der Waals surface area contributed by atoms with E-state index in [1.165, 1.54) is 0 Å². The van der Waals surface area contributed by atoms with Gasteiger partial charge < -0.3 is 0 Å². The van der Waals surface area contributed by atoms with Crippen molar-refractivity contribution in [1.82, 2.24) is 0 Å². The molecule has 1 aliphatic carbocycles.